The van der Waals surface area contributed by atoms with Crippen molar-refractivity contribution in [2.24, 2.45) is 0 Å². The smallest absolute Gasteiger partial charge is 0.339 e. The molecule has 0 bridgehead atoms. The van der Waals surface area contributed by atoms with E-state index in [9.17, 15) is 9.59 Å². The van der Waals surface area contributed by atoms with E-state index in [1.165, 1.54) is 0 Å². The molecular weight excluding hydrogens is 340 g/mol. The van der Waals surface area contributed by atoms with Crippen LogP contribution in [0.3, 0.4) is 0 Å². The molecule has 1 amide bonds. The number of carbonyl (C=O) groups is 2. The summed E-state index contributed by atoms with van der Waals surface area (Å²) in [7, 11) is 0. The van der Waals surface area contributed by atoms with Gasteiger partial charge in [0.2, 0.25) is 0 Å². The summed E-state index contributed by atoms with van der Waals surface area (Å²) in [5.74, 6) is -0.628. The molecule has 2 N–H and O–H groups in total. The van der Waals surface area contributed by atoms with Crippen molar-refractivity contribution >= 4 is 17.6 Å². The first-order valence-corrected chi connectivity index (χ1v) is 8.71. The normalized spacial score (nSPS) is 15.4. The molecule has 0 fully saturated rings. The van der Waals surface area contributed by atoms with Gasteiger partial charge in [-0.25, -0.2) is 4.79 Å². The number of carbonyl (C=O) groups excluding carboxylic acids is 2. The molecule has 3 aromatic carbocycles. The van der Waals surface area contributed by atoms with E-state index in [1.807, 2.05) is 60.7 Å². The number of cyclic esters (lactones) is 1. The summed E-state index contributed by atoms with van der Waals surface area (Å²) < 4.78 is 5.55. The molecule has 0 saturated carbocycles. The maximum absolute atomic E-state index is 12.4. The third kappa shape index (κ3) is 3.67. The van der Waals surface area contributed by atoms with Gasteiger partial charge in [0.1, 0.15) is 6.10 Å². The predicted octanol–water partition coefficient (Wildman–Crippen LogP) is 3.90. The Morgan fingerprint density at radius 1 is 0.926 bits per heavy atom. The zero-order valence-corrected chi connectivity index (χ0v) is 14.5. The van der Waals surface area contributed by atoms with Gasteiger partial charge in [-0.15, -0.1) is 0 Å². The number of hydrazine groups is 1. The second-order valence-corrected chi connectivity index (χ2v) is 6.33. The van der Waals surface area contributed by atoms with Crippen LogP contribution in [-0.4, -0.2) is 11.9 Å². The Labute approximate surface area is 157 Å². The van der Waals surface area contributed by atoms with Crippen LogP contribution in [0.4, 0.5) is 5.69 Å². The lowest BCUT2D eigenvalue weighted by atomic mass is 9.93. The van der Waals surface area contributed by atoms with Crippen molar-refractivity contribution in [1.29, 1.82) is 0 Å². The number of benzene rings is 3. The number of hydrogen-bond donors (Lipinski definition) is 2. The van der Waals surface area contributed by atoms with Gasteiger partial charge in [0, 0.05) is 12.0 Å². The Morgan fingerprint density at radius 2 is 1.63 bits per heavy atom. The van der Waals surface area contributed by atoms with E-state index in [4.69, 9.17) is 4.74 Å². The van der Waals surface area contributed by atoms with Crippen LogP contribution in [0.5, 0.6) is 0 Å². The van der Waals surface area contributed by atoms with Crippen LogP contribution in [0, 0.1) is 0 Å². The molecule has 0 saturated heterocycles. The number of ether oxygens (including phenoxy) is 1. The van der Waals surface area contributed by atoms with Gasteiger partial charge in [0.25, 0.3) is 5.91 Å². The largest absolute Gasteiger partial charge is 0.454 e. The highest BCUT2D eigenvalue weighted by Crippen LogP contribution is 2.31. The monoisotopic (exact) mass is 358 g/mol. The van der Waals surface area contributed by atoms with Crippen LogP contribution in [0.15, 0.2) is 78.9 Å². The highest BCUT2D eigenvalue weighted by atomic mass is 16.5. The van der Waals surface area contributed by atoms with E-state index in [-0.39, 0.29) is 18.0 Å². The van der Waals surface area contributed by atoms with Crippen LogP contribution >= 0.6 is 0 Å². The number of fused-ring (bicyclic) bond motifs is 1. The molecule has 0 aliphatic carbocycles. The molecule has 3 aromatic rings. The van der Waals surface area contributed by atoms with Crippen molar-refractivity contribution in [2.75, 3.05) is 5.43 Å². The van der Waals surface area contributed by atoms with Crippen LogP contribution in [0.2, 0.25) is 0 Å². The van der Waals surface area contributed by atoms with Gasteiger partial charge < -0.3 is 4.74 Å². The molecule has 0 radical (unpaired) electrons. The van der Waals surface area contributed by atoms with Gasteiger partial charge in [-0.3, -0.25) is 15.6 Å². The zero-order chi connectivity index (χ0) is 18.6. The summed E-state index contributed by atoms with van der Waals surface area (Å²) in [5, 5.41) is 0. The van der Waals surface area contributed by atoms with Crippen molar-refractivity contribution in [3.8, 4) is 0 Å². The summed E-state index contributed by atoms with van der Waals surface area (Å²) in [4.78, 5) is 24.8. The average Bonchev–Trinajstić information content (AvgIpc) is 2.73. The molecular formula is C22H18N2O3. The number of esters is 1. The van der Waals surface area contributed by atoms with Gasteiger partial charge in [0.15, 0.2) is 0 Å². The summed E-state index contributed by atoms with van der Waals surface area (Å²) in [6, 6.07) is 24.0. The van der Waals surface area contributed by atoms with E-state index in [0.717, 1.165) is 16.8 Å². The Bertz CT molecular complexity index is 971. The van der Waals surface area contributed by atoms with Gasteiger partial charge in [0.05, 0.1) is 11.3 Å². The fraction of sp³-hybridized carbons (Fsp3) is 0.0909. The van der Waals surface area contributed by atoms with Crippen LogP contribution < -0.4 is 10.9 Å². The summed E-state index contributed by atoms with van der Waals surface area (Å²) in [6.07, 6.45) is 0.199. The van der Waals surface area contributed by atoms with E-state index < -0.39 is 0 Å². The minimum Gasteiger partial charge on any atom is -0.454 e. The first-order valence-electron chi connectivity index (χ1n) is 8.71. The number of rotatable bonds is 4. The van der Waals surface area contributed by atoms with E-state index in [2.05, 4.69) is 10.9 Å². The predicted molar refractivity (Wildman–Crippen MR) is 102 cm³/mol. The van der Waals surface area contributed by atoms with E-state index in [1.54, 1.807) is 18.2 Å². The molecule has 1 aliphatic heterocycles. The standard InChI is InChI=1S/C22H18N2O3/c25-21(24-23-18-9-5-2-6-10-18)16-11-12-19-17(13-16)14-20(27-22(19)26)15-7-3-1-4-8-15/h1-13,20,23H,14H2,(H,24,25). The SMILES string of the molecule is O=C(NNc1ccccc1)c1ccc2c(c1)CC(c1ccccc1)OC2=O. The fourth-order valence-corrected chi connectivity index (χ4v) is 3.11. The molecule has 5 nitrogen and oxygen atoms in total. The van der Waals surface area contributed by atoms with Crippen molar-refractivity contribution in [3.05, 3.63) is 101 Å². The van der Waals surface area contributed by atoms with Crippen LogP contribution in [0.25, 0.3) is 0 Å². The molecule has 134 valence electrons. The Kier molecular flexibility index (Phi) is 4.58. The quantitative estimate of drug-likeness (QED) is 0.548. The second-order valence-electron chi connectivity index (χ2n) is 6.33. The summed E-state index contributed by atoms with van der Waals surface area (Å²) in [5.41, 5.74) is 9.08. The molecule has 5 heteroatoms. The Hall–Kier alpha value is -3.60. The lowest BCUT2D eigenvalue weighted by Gasteiger charge is -2.25. The summed E-state index contributed by atoms with van der Waals surface area (Å²) in [6.45, 7) is 0. The highest BCUT2D eigenvalue weighted by molar-refractivity contribution is 5.98. The molecule has 1 unspecified atom stereocenters. The maximum atomic E-state index is 12.4. The average molecular weight is 358 g/mol. The lowest BCUT2D eigenvalue weighted by molar-refractivity contribution is 0.0252. The fourth-order valence-electron chi connectivity index (χ4n) is 3.11. The third-order valence-corrected chi connectivity index (χ3v) is 4.51. The Morgan fingerprint density at radius 3 is 2.37 bits per heavy atom. The van der Waals surface area contributed by atoms with Crippen molar-refractivity contribution in [3.63, 3.8) is 0 Å². The molecule has 0 aromatic heterocycles. The van der Waals surface area contributed by atoms with Gasteiger partial charge in [-0.1, -0.05) is 48.5 Å². The van der Waals surface area contributed by atoms with E-state index >= 15 is 0 Å². The van der Waals surface area contributed by atoms with Crippen molar-refractivity contribution < 1.29 is 14.3 Å². The van der Waals surface area contributed by atoms with E-state index in [0.29, 0.717) is 17.5 Å². The molecule has 1 atom stereocenters. The number of anilines is 1. The van der Waals surface area contributed by atoms with Gasteiger partial charge >= 0.3 is 5.97 Å². The topological polar surface area (TPSA) is 67.4 Å². The summed E-state index contributed by atoms with van der Waals surface area (Å²) >= 11 is 0. The zero-order valence-electron chi connectivity index (χ0n) is 14.5. The molecule has 1 heterocycles. The van der Waals surface area contributed by atoms with Gasteiger partial charge in [-0.2, -0.15) is 0 Å². The molecule has 27 heavy (non-hydrogen) atoms. The van der Waals surface area contributed by atoms with Crippen molar-refractivity contribution in [1.82, 2.24) is 5.43 Å². The minimum atomic E-state index is -0.362. The highest BCUT2D eigenvalue weighted by Gasteiger charge is 2.28. The van der Waals surface area contributed by atoms with Crippen LogP contribution in [-0.2, 0) is 11.2 Å². The number of amides is 1. The maximum Gasteiger partial charge on any atom is 0.339 e. The lowest BCUT2D eigenvalue weighted by Crippen LogP contribution is -2.30. The number of nitrogens with one attached hydrogen (secondary N) is 2. The van der Waals surface area contributed by atoms with Crippen molar-refractivity contribution in [2.45, 2.75) is 12.5 Å². The van der Waals surface area contributed by atoms with Gasteiger partial charge in [-0.05, 0) is 41.5 Å². The van der Waals surface area contributed by atoms with Crippen LogP contribution in [0.1, 0.15) is 37.9 Å². The first-order chi connectivity index (χ1) is 13.2. The number of para-hydroxylation sites is 1. The number of hydrogen-bond acceptors (Lipinski definition) is 4. The first kappa shape index (κ1) is 16.8. The Balaban J connectivity index is 1.52. The minimum absolute atomic E-state index is 0.267. The third-order valence-electron chi connectivity index (χ3n) is 4.51. The molecule has 1 aliphatic rings. The molecule has 4 rings (SSSR count). The molecule has 0 spiro atoms. The second kappa shape index (κ2) is 7.33.